The van der Waals surface area contributed by atoms with Crippen LogP contribution >= 0.6 is 27.5 Å². The van der Waals surface area contributed by atoms with Gasteiger partial charge in [0.15, 0.2) is 5.15 Å². The van der Waals surface area contributed by atoms with Crippen LogP contribution in [0, 0.1) is 0 Å². The highest BCUT2D eigenvalue weighted by molar-refractivity contribution is 9.10. The Morgan fingerprint density at radius 1 is 1.80 bits per heavy atom. The second-order valence-electron chi connectivity index (χ2n) is 3.00. The van der Waals surface area contributed by atoms with Gasteiger partial charge in [0.25, 0.3) is 0 Å². The van der Waals surface area contributed by atoms with E-state index in [1.54, 1.807) is 12.3 Å². The molecule has 4 nitrogen and oxygen atoms in total. The average Bonchev–Trinajstić information content (AvgIpc) is 2.22. The molecule has 0 spiro atoms. The third-order valence-corrected chi connectivity index (χ3v) is 2.58. The summed E-state index contributed by atoms with van der Waals surface area (Å²) >= 11 is 9.04. The van der Waals surface area contributed by atoms with Crippen molar-refractivity contribution >= 4 is 39.1 Å². The molecule has 1 rings (SSSR count). The van der Waals surface area contributed by atoms with E-state index in [1.807, 2.05) is 6.92 Å². The van der Waals surface area contributed by atoms with Crippen LogP contribution in [0.1, 0.15) is 13.3 Å². The molecule has 0 saturated heterocycles. The Morgan fingerprint density at radius 3 is 3.07 bits per heavy atom. The Balaban J connectivity index is 2.80. The third kappa shape index (κ3) is 3.44. The van der Waals surface area contributed by atoms with Crippen LogP contribution in [0.25, 0.3) is 0 Å². The van der Waals surface area contributed by atoms with E-state index in [4.69, 9.17) is 17.3 Å². The van der Waals surface area contributed by atoms with Gasteiger partial charge in [-0.05, 0) is 28.4 Å². The van der Waals surface area contributed by atoms with E-state index in [2.05, 4.69) is 26.2 Å². The predicted molar refractivity (Wildman–Crippen MR) is 63.8 cm³/mol. The fourth-order valence-electron chi connectivity index (χ4n) is 0.921. The van der Waals surface area contributed by atoms with Gasteiger partial charge in [0.05, 0.1) is 11.7 Å². The summed E-state index contributed by atoms with van der Waals surface area (Å²) in [5, 5.41) is 2.86. The second kappa shape index (κ2) is 5.44. The Hall–Kier alpha value is -0.650. The molecule has 0 aromatic carbocycles. The fraction of sp³-hybridized carbons (Fsp3) is 0.333. The molecule has 1 atom stereocenters. The number of rotatable bonds is 3. The molecular formula is C9H11BrClN3O. The van der Waals surface area contributed by atoms with Crippen molar-refractivity contribution in [3.8, 4) is 0 Å². The van der Waals surface area contributed by atoms with Gasteiger partial charge in [0, 0.05) is 10.7 Å². The smallest absolute Gasteiger partial charge is 0.241 e. The van der Waals surface area contributed by atoms with Crippen molar-refractivity contribution in [2.45, 2.75) is 19.4 Å². The van der Waals surface area contributed by atoms with Gasteiger partial charge in [-0.2, -0.15) is 0 Å². The first-order valence-corrected chi connectivity index (χ1v) is 5.59. The molecule has 6 heteroatoms. The molecule has 0 bridgehead atoms. The number of carbonyl (C=O) groups excluding carboxylic acids is 1. The molecule has 1 heterocycles. The maximum Gasteiger partial charge on any atom is 0.241 e. The van der Waals surface area contributed by atoms with E-state index in [0.717, 1.165) is 4.47 Å². The summed E-state index contributed by atoms with van der Waals surface area (Å²) in [7, 11) is 0. The SMILES string of the molecule is CC[C@@H](N)C(=O)Nc1cc(Br)cnc1Cl. The molecule has 0 unspecified atom stereocenters. The Labute approximate surface area is 101 Å². The minimum atomic E-state index is -0.528. The van der Waals surface area contributed by atoms with E-state index < -0.39 is 6.04 Å². The zero-order valence-electron chi connectivity index (χ0n) is 8.13. The molecule has 0 aliphatic carbocycles. The van der Waals surface area contributed by atoms with Crippen LogP contribution in [0.4, 0.5) is 5.69 Å². The molecule has 0 aliphatic rings. The number of nitrogens with zero attached hydrogens (tertiary/aromatic N) is 1. The van der Waals surface area contributed by atoms with Crippen LogP contribution < -0.4 is 11.1 Å². The maximum atomic E-state index is 11.5. The molecule has 15 heavy (non-hydrogen) atoms. The normalized spacial score (nSPS) is 12.3. The number of pyridine rings is 1. The largest absolute Gasteiger partial charge is 0.322 e. The number of nitrogens with one attached hydrogen (secondary N) is 1. The van der Waals surface area contributed by atoms with Crippen LogP contribution in [-0.2, 0) is 4.79 Å². The Morgan fingerprint density at radius 2 is 2.47 bits per heavy atom. The zero-order valence-corrected chi connectivity index (χ0v) is 10.5. The first kappa shape index (κ1) is 12.4. The highest BCUT2D eigenvalue weighted by atomic mass is 79.9. The lowest BCUT2D eigenvalue weighted by Gasteiger charge is -2.10. The molecule has 0 aliphatic heterocycles. The molecular weight excluding hydrogens is 281 g/mol. The highest BCUT2D eigenvalue weighted by Crippen LogP contribution is 2.22. The molecule has 1 aromatic rings. The minimum absolute atomic E-state index is 0.245. The molecule has 82 valence electrons. The summed E-state index contributed by atoms with van der Waals surface area (Å²) in [5.74, 6) is -0.265. The van der Waals surface area contributed by atoms with Gasteiger partial charge in [-0.25, -0.2) is 4.98 Å². The van der Waals surface area contributed by atoms with Crippen molar-refractivity contribution in [1.29, 1.82) is 0 Å². The maximum absolute atomic E-state index is 11.5. The van der Waals surface area contributed by atoms with Gasteiger partial charge in [-0.3, -0.25) is 4.79 Å². The molecule has 0 fully saturated rings. The van der Waals surface area contributed by atoms with Gasteiger partial charge in [0.2, 0.25) is 5.91 Å². The number of anilines is 1. The standard InChI is InChI=1S/C9H11BrClN3O/c1-2-6(12)9(15)14-7-3-5(10)4-13-8(7)11/h3-4,6H,2,12H2,1H3,(H,14,15)/t6-/m1/s1. The lowest BCUT2D eigenvalue weighted by molar-refractivity contribution is -0.117. The van der Waals surface area contributed by atoms with Gasteiger partial charge < -0.3 is 11.1 Å². The topological polar surface area (TPSA) is 68.0 Å². The first-order valence-electron chi connectivity index (χ1n) is 4.42. The number of hydrogen-bond acceptors (Lipinski definition) is 3. The van der Waals surface area contributed by atoms with Crippen molar-refractivity contribution in [3.05, 3.63) is 21.9 Å². The van der Waals surface area contributed by atoms with E-state index >= 15 is 0 Å². The van der Waals surface area contributed by atoms with Crippen molar-refractivity contribution in [3.63, 3.8) is 0 Å². The van der Waals surface area contributed by atoms with Gasteiger partial charge in [-0.1, -0.05) is 18.5 Å². The van der Waals surface area contributed by atoms with Gasteiger partial charge in [0.1, 0.15) is 0 Å². The highest BCUT2D eigenvalue weighted by Gasteiger charge is 2.13. The first-order chi connectivity index (χ1) is 7.04. The van der Waals surface area contributed by atoms with Crippen LogP contribution in [0.3, 0.4) is 0 Å². The quantitative estimate of drug-likeness (QED) is 0.839. The van der Waals surface area contributed by atoms with Gasteiger partial charge in [-0.15, -0.1) is 0 Å². The van der Waals surface area contributed by atoms with Crippen LogP contribution in [0.2, 0.25) is 5.15 Å². The van der Waals surface area contributed by atoms with Crippen molar-refractivity contribution in [1.82, 2.24) is 4.98 Å². The van der Waals surface area contributed by atoms with Crippen molar-refractivity contribution < 1.29 is 4.79 Å². The lowest BCUT2D eigenvalue weighted by atomic mass is 10.2. The summed E-state index contributed by atoms with van der Waals surface area (Å²) in [6.45, 7) is 1.84. The van der Waals surface area contributed by atoms with Crippen LogP contribution in [0.15, 0.2) is 16.7 Å². The number of aromatic nitrogens is 1. The summed E-state index contributed by atoms with van der Waals surface area (Å²) in [5.41, 5.74) is 6.02. The van der Waals surface area contributed by atoms with E-state index in [0.29, 0.717) is 12.1 Å². The third-order valence-electron chi connectivity index (χ3n) is 1.84. The second-order valence-corrected chi connectivity index (χ2v) is 4.27. The number of amides is 1. The monoisotopic (exact) mass is 291 g/mol. The number of nitrogens with two attached hydrogens (primary N) is 1. The molecule has 0 radical (unpaired) electrons. The van der Waals surface area contributed by atoms with Crippen LogP contribution in [-0.4, -0.2) is 16.9 Å². The molecule has 0 saturated carbocycles. The number of hydrogen-bond donors (Lipinski definition) is 2. The molecule has 3 N–H and O–H groups in total. The molecule has 1 amide bonds. The summed E-state index contributed by atoms with van der Waals surface area (Å²) in [6, 6.07) is 1.15. The molecule has 1 aromatic heterocycles. The average molecular weight is 293 g/mol. The number of halogens is 2. The predicted octanol–water partition coefficient (Wildman–Crippen LogP) is 2.17. The number of carbonyl (C=O) groups is 1. The van der Waals surface area contributed by atoms with Crippen molar-refractivity contribution in [2.75, 3.05) is 5.32 Å². The minimum Gasteiger partial charge on any atom is -0.322 e. The summed E-state index contributed by atoms with van der Waals surface area (Å²) in [4.78, 5) is 15.3. The summed E-state index contributed by atoms with van der Waals surface area (Å²) < 4.78 is 0.743. The summed E-state index contributed by atoms with van der Waals surface area (Å²) in [6.07, 6.45) is 2.13. The Bertz CT molecular complexity index is 372. The van der Waals surface area contributed by atoms with Crippen molar-refractivity contribution in [2.24, 2.45) is 5.73 Å². The van der Waals surface area contributed by atoms with Crippen LogP contribution in [0.5, 0.6) is 0 Å². The van der Waals surface area contributed by atoms with Gasteiger partial charge >= 0.3 is 0 Å². The van der Waals surface area contributed by atoms with E-state index in [-0.39, 0.29) is 11.1 Å². The Kier molecular flexibility index (Phi) is 4.50. The lowest BCUT2D eigenvalue weighted by Crippen LogP contribution is -2.34. The zero-order chi connectivity index (χ0) is 11.4. The van der Waals surface area contributed by atoms with E-state index in [9.17, 15) is 4.79 Å². The van der Waals surface area contributed by atoms with E-state index in [1.165, 1.54) is 0 Å². The fourth-order valence-corrected chi connectivity index (χ4v) is 1.40.